The van der Waals surface area contributed by atoms with Crippen molar-refractivity contribution in [1.82, 2.24) is 4.98 Å². The molecule has 1 heterocycles. The minimum Gasteiger partial charge on any atom is -0.495 e. The van der Waals surface area contributed by atoms with Crippen LogP contribution < -0.4 is 10.1 Å². The van der Waals surface area contributed by atoms with E-state index in [0.29, 0.717) is 22.2 Å². The van der Waals surface area contributed by atoms with Crippen molar-refractivity contribution in [3.05, 3.63) is 46.1 Å². The molecule has 0 aliphatic rings. The molecule has 0 radical (unpaired) electrons. The fourth-order valence-electron chi connectivity index (χ4n) is 1.86. The van der Waals surface area contributed by atoms with E-state index in [2.05, 4.69) is 16.4 Å². The van der Waals surface area contributed by atoms with Gasteiger partial charge in [0.2, 0.25) is 0 Å². The Labute approximate surface area is 123 Å². The van der Waals surface area contributed by atoms with Crippen LogP contribution >= 0.6 is 11.6 Å². The Balaban J connectivity index is 2.42. The summed E-state index contributed by atoms with van der Waals surface area (Å²) in [4.78, 5) is 4.35. The number of nitriles is 1. The number of nitrogens with one attached hydrogen (secondary N) is 1. The van der Waals surface area contributed by atoms with Gasteiger partial charge in [0.05, 0.1) is 24.4 Å². The SMILES string of the molecule is COc1cc(Cl)c(C)cc1Nc1cc(C#N)cc(C)n1. The van der Waals surface area contributed by atoms with Crippen LogP contribution in [0.1, 0.15) is 16.8 Å². The van der Waals surface area contributed by atoms with E-state index in [9.17, 15) is 0 Å². The number of hydrogen-bond donors (Lipinski definition) is 1. The number of halogens is 1. The topological polar surface area (TPSA) is 57.9 Å². The molecule has 0 saturated carbocycles. The van der Waals surface area contributed by atoms with Crippen LogP contribution in [0.2, 0.25) is 5.02 Å². The number of pyridine rings is 1. The maximum absolute atomic E-state index is 8.99. The molecule has 20 heavy (non-hydrogen) atoms. The normalized spacial score (nSPS) is 9.95. The zero-order valence-corrected chi connectivity index (χ0v) is 12.2. The van der Waals surface area contributed by atoms with Gasteiger partial charge in [0.1, 0.15) is 11.6 Å². The van der Waals surface area contributed by atoms with Crippen LogP contribution in [0.3, 0.4) is 0 Å². The van der Waals surface area contributed by atoms with Crippen molar-refractivity contribution >= 4 is 23.1 Å². The Morgan fingerprint density at radius 2 is 2.00 bits per heavy atom. The molecular weight excluding hydrogens is 274 g/mol. The van der Waals surface area contributed by atoms with Crippen LogP contribution in [0.15, 0.2) is 24.3 Å². The van der Waals surface area contributed by atoms with Crippen LogP contribution in [-0.4, -0.2) is 12.1 Å². The maximum atomic E-state index is 8.99. The molecule has 1 aromatic carbocycles. The van der Waals surface area contributed by atoms with E-state index in [4.69, 9.17) is 21.6 Å². The molecule has 0 fully saturated rings. The largest absolute Gasteiger partial charge is 0.495 e. The first-order valence-electron chi connectivity index (χ1n) is 6.03. The number of anilines is 2. The summed E-state index contributed by atoms with van der Waals surface area (Å²) in [5.74, 6) is 1.23. The molecule has 0 aliphatic heterocycles. The number of ether oxygens (including phenoxy) is 1. The third kappa shape index (κ3) is 3.01. The van der Waals surface area contributed by atoms with Gasteiger partial charge in [-0.2, -0.15) is 5.26 Å². The molecule has 2 rings (SSSR count). The average Bonchev–Trinajstić information content (AvgIpc) is 2.42. The number of hydrogen-bond acceptors (Lipinski definition) is 4. The Morgan fingerprint density at radius 3 is 2.65 bits per heavy atom. The average molecular weight is 288 g/mol. The van der Waals surface area contributed by atoms with E-state index in [1.807, 2.05) is 19.9 Å². The quantitative estimate of drug-likeness (QED) is 0.928. The number of aromatic nitrogens is 1. The molecule has 5 heteroatoms. The summed E-state index contributed by atoms with van der Waals surface area (Å²) >= 11 is 6.07. The summed E-state index contributed by atoms with van der Waals surface area (Å²) in [5, 5.41) is 12.8. The highest BCUT2D eigenvalue weighted by Crippen LogP contribution is 2.32. The predicted molar refractivity (Wildman–Crippen MR) is 79.7 cm³/mol. The van der Waals surface area contributed by atoms with Crippen LogP contribution in [0.25, 0.3) is 0 Å². The molecule has 0 spiro atoms. The van der Waals surface area contributed by atoms with Gasteiger partial charge < -0.3 is 10.1 Å². The Morgan fingerprint density at radius 1 is 1.25 bits per heavy atom. The summed E-state index contributed by atoms with van der Waals surface area (Å²) in [6.45, 7) is 3.76. The molecule has 0 saturated heterocycles. The molecule has 0 atom stereocenters. The van der Waals surface area contributed by atoms with Crippen molar-refractivity contribution < 1.29 is 4.74 Å². The summed E-state index contributed by atoms with van der Waals surface area (Å²) in [6.07, 6.45) is 0. The standard InChI is InChI=1S/C15H14ClN3O/c1-9-4-13(14(20-3)7-12(9)16)19-15-6-11(8-17)5-10(2)18-15/h4-7H,1-3H3,(H,18,19). The van der Waals surface area contributed by atoms with Crippen molar-refractivity contribution in [1.29, 1.82) is 5.26 Å². The van der Waals surface area contributed by atoms with Crippen molar-refractivity contribution in [3.63, 3.8) is 0 Å². The lowest BCUT2D eigenvalue weighted by molar-refractivity contribution is 0.416. The van der Waals surface area contributed by atoms with Gasteiger partial charge in [0.15, 0.2) is 0 Å². The molecule has 0 aliphatic carbocycles. The third-order valence-corrected chi connectivity index (χ3v) is 3.23. The number of rotatable bonds is 3. The molecule has 0 unspecified atom stereocenters. The molecule has 4 nitrogen and oxygen atoms in total. The monoisotopic (exact) mass is 287 g/mol. The molecule has 0 amide bonds. The number of nitrogens with zero attached hydrogens (tertiary/aromatic N) is 2. The first-order valence-corrected chi connectivity index (χ1v) is 6.41. The summed E-state index contributed by atoms with van der Waals surface area (Å²) < 4.78 is 5.30. The number of aryl methyl sites for hydroxylation is 2. The van der Waals surface area contributed by atoms with E-state index in [1.165, 1.54) is 0 Å². The highest BCUT2D eigenvalue weighted by molar-refractivity contribution is 6.31. The maximum Gasteiger partial charge on any atom is 0.143 e. The van der Waals surface area contributed by atoms with Gasteiger partial charge in [-0.1, -0.05) is 11.6 Å². The van der Waals surface area contributed by atoms with Crippen molar-refractivity contribution in [3.8, 4) is 11.8 Å². The van der Waals surface area contributed by atoms with Gasteiger partial charge in [-0.25, -0.2) is 4.98 Å². The first kappa shape index (κ1) is 14.2. The minimum absolute atomic E-state index is 0.560. The predicted octanol–water partition coefficient (Wildman–Crippen LogP) is 3.98. The second kappa shape index (κ2) is 5.81. The Bertz CT molecular complexity index is 692. The lowest BCUT2D eigenvalue weighted by Crippen LogP contribution is -1.99. The Kier molecular flexibility index (Phi) is 4.11. The van der Waals surface area contributed by atoms with E-state index in [-0.39, 0.29) is 0 Å². The lowest BCUT2D eigenvalue weighted by atomic mass is 10.2. The second-order valence-electron chi connectivity index (χ2n) is 4.42. The molecule has 0 bridgehead atoms. The smallest absolute Gasteiger partial charge is 0.143 e. The van der Waals surface area contributed by atoms with Gasteiger partial charge in [0, 0.05) is 16.8 Å². The highest BCUT2D eigenvalue weighted by Gasteiger charge is 2.08. The van der Waals surface area contributed by atoms with Crippen molar-refractivity contribution in [2.75, 3.05) is 12.4 Å². The van der Waals surface area contributed by atoms with Crippen LogP contribution in [0, 0.1) is 25.2 Å². The summed E-state index contributed by atoms with van der Waals surface area (Å²) in [5.41, 5.74) is 3.03. The number of benzene rings is 1. The van der Waals surface area contributed by atoms with Crippen LogP contribution in [0.5, 0.6) is 5.75 Å². The molecule has 1 N–H and O–H groups in total. The Hall–Kier alpha value is -2.25. The lowest BCUT2D eigenvalue weighted by Gasteiger charge is -2.13. The zero-order valence-electron chi connectivity index (χ0n) is 11.5. The van der Waals surface area contributed by atoms with Gasteiger partial charge >= 0.3 is 0 Å². The van der Waals surface area contributed by atoms with Crippen molar-refractivity contribution in [2.24, 2.45) is 0 Å². The van der Waals surface area contributed by atoms with Crippen LogP contribution in [-0.2, 0) is 0 Å². The van der Waals surface area contributed by atoms with Gasteiger partial charge in [-0.3, -0.25) is 0 Å². The molecule has 2 aromatic rings. The van der Waals surface area contributed by atoms with E-state index in [0.717, 1.165) is 16.9 Å². The molecule has 102 valence electrons. The first-order chi connectivity index (χ1) is 9.53. The fraction of sp³-hybridized carbons (Fsp3) is 0.200. The fourth-order valence-corrected chi connectivity index (χ4v) is 2.02. The number of methoxy groups -OCH3 is 1. The zero-order chi connectivity index (χ0) is 14.7. The van der Waals surface area contributed by atoms with E-state index < -0.39 is 0 Å². The third-order valence-electron chi connectivity index (χ3n) is 2.83. The van der Waals surface area contributed by atoms with Gasteiger partial charge in [0.25, 0.3) is 0 Å². The van der Waals surface area contributed by atoms with E-state index >= 15 is 0 Å². The molecule has 1 aromatic heterocycles. The second-order valence-corrected chi connectivity index (χ2v) is 4.83. The van der Waals surface area contributed by atoms with Gasteiger partial charge in [-0.05, 0) is 37.6 Å². The minimum atomic E-state index is 0.560. The van der Waals surface area contributed by atoms with Crippen molar-refractivity contribution in [2.45, 2.75) is 13.8 Å². The highest BCUT2D eigenvalue weighted by atomic mass is 35.5. The summed E-state index contributed by atoms with van der Waals surface area (Å²) in [7, 11) is 1.58. The van der Waals surface area contributed by atoms with Gasteiger partial charge in [-0.15, -0.1) is 0 Å². The summed E-state index contributed by atoms with van der Waals surface area (Å²) in [6, 6.07) is 9.17. The van der Waals surface area contributed by atoms with E-state index in [1.54, 1.807) is 25.3 Å². The van der Waals surface area contributed by atoms with Crippen LogP contribution in [0.4, 0.5) is 11.5 Å². The molecular formula is C15H14ClN3O.